The Bertz CT molecular complexity index is 4060. The molecule has 0 aliphatic carbocycles. The molecule has 0 unspecified atom stereocenters. The third-order valence-corrected chi connectivity index (χ3v) is 17.6. The third kappa shape index (κ3) is 9.73. The molecule has 0 fully saturated rings. The molecule has 10 aromatic rings. The van der Waals surface area contributed by atoms with Crippen molar-refractivity contribution in [2.75, 3.05) is 0 Å². The summed E-state index contributed by atoms with van der Waals surface area (Å²) >= 11 is -0.862. The van der Waals surface area contributed by atoms with Crippen LogP contribution in [0.2, 0.25) is 17.3 Å². The van der Waals surface area contributed by atoms with Crippen molar-refractivity contribution in [2.24, 2.45) is 0 Å². The molecule has 9 heteroatoms. The van der Waals surface area contributed by atoms with Gasteiger partial charge in [0.1, 0.15) is 5.82 Å². The van der Waals surface area contributed by atoms with Gasteiger partial charge in [-0.2, -0.15) is 11.3 Å². The molecule has 0 aliphatic heterocycles. The largest absolute Gasteiger partial charge is 0 e. The Kier molecular flexibility index (Phi) is 10.3. The molecule has 0 N–H and O–H groups in total. The van der Waals surface area contributed by atoms with Crippen LogP contribution in [0.25, 0.3) is 81.9 Å². The van der Waals surface area contributed by atoms with Gasteiger partial charge in [-0.25, -0.2) is 4.39 Å². The number of thiophene rings is 1. The molecule has 0 saturated heterocycles. The molecule has 70 heavy (non-hydrogen) atoms. The number of rotatable bonds is 7. The zero-order chi connectivity index (χ0) is 60.0. The Morgan fingerprint density at radius 1 is 0.743 bits per heavy atom. The first-order chi connectivity index (χ1) is 37.9. The number of aryl methyl sites for hydroxylation is 3. The van der Waals surface area contributed by atoms with Crippen LogP contribution < -0.4 is 4.40 Å². The maximum absolute atomic E-state index is 15.2. The maximum Gasteiger partial charge on any atom is 0 e. The first-order valence-electron chi connectivity index (χ1n) is 29.0. The molecule has 1 radical (unpaired) electrons. The molecule has 0 saturated carbocycles. The quantitative estimate of drug-likeness (QED) is 0.118. The average molecular weight is 1200 g/mol. The van der Waals surface area contributed by atoms with E-state index < -0.39 is 74.9 Å². The Labute approximate surface area is 450 Å². The molecule has 0 aliphatic rings. The van der Waals surface area contributed by atoms with E-state index in [9.17, 15) is 4.39 Å². The van der Waals surface area contributed by atoms with E-state index in [0.717, 1.165) is 42.4 Å². The van der Waals surface area contributed by atoms with Crippen LogP contribution in [0.5, 0.6) is 0 Å². The van der Waals surface area contributed by atoms with Crippen molar-refractivity contribution in [2.45, 2.75) is 90.6 Å². The van der Waals surface area contributed by atoms with Crippen LogP contribution in [0.4, 0.5) is 8.78 Å². The molecule has 6 aromatic carbocycles. The summed E-state index contributed by atoms with van der Waals surface area (Å²) in [6, 6.07) is 39.3. The SMILES string of the molecule is [2H]C([2H])([2H])c1cc(-c2cnc3c(c2)sc2c(-c4nc5ccc(F)cc5n4-c4c(-c5ccccc5)cccc4C(C)(C)C)[c-]ccc23)cc(C([2H])([2H])[2H])c1C([2H])([2H])[2H].[2H]C([2H])([2H])c1cc[c-]c(-c2cc(C([2H])(C)C)[c]([Ge]([CH3])([CH3])[CH3])cn2)c1F.[Ir]. The van der Waals surface area contributed by atoms with E-state index in [1.165, 1.54) is 53.9 Å². The average Bonchev–Trinajstić information content (AvgIpc) is 3.98. The number of pyridine rings is 2. The minimum absolute atomic E-state index is 0. The summed E-state index contributed by atoms with van der Waals surface area (Å²) in [6.07, 6.45) is 3.27. The molecule has 4 aromatic heterocycles. The monoisotopic (exact) mass is 1200 g/mol. The van der Waals surface area contributed by atoms with Gasteiger partial charge in [0.15, 0.2) is 0 Å². The molecule has 0 bridgehead atoms. The summed E-state index contributed by atoms with van der Waals surface area (Å²) in [5.74, 6) is 5.11. The minimum Gasteiger partial charge on any atom is 0 e. The fourth-order valence-corrected chi connectivity index (χ4v) is 13.2. The first-order valence-corrected chi connectivity index (χ1v) is 30.6. The minimum atomic E-state index is -2.98. The summed E-state index contributed by atoms with van der Waals surface area (Å²) in [4.78, 5) is 14.3. The third-order valence-electron chi connectivity index (χ3n) is 12.2. The van der Waals surface area contributed by atoms with Crippen molar-refractivity contribution in [1.82, 2.24) is 19.5 Å². The van der Waals surface area contributed by atoms with Crippen LogP contribution in [-0.2, 0) is 25.5 Å². The van der Waals surface area contributed by atoms with Gasteiger partial charge in [-0.05, 0) is 88.3 Å². The number of para-hydroxylation sites is 1. The summed E-state index contributed by atoms with van der Waals surface area (Å²) in [5, 5.41) is 0.802. The maximum atomic E-state index is 15.2. The van der Waals surface area contributed by atoms with E-state index in [-0.39, 0.29) is 42.2 Å². The summed E-state index contributed by atoms with van der Waals surface area (Å²) in [5.41, 5.74) is 5.67. The number of aromatic nitrogens is 4. The number of benzene rings is 6. The van der Waals surface area contributed by atoms with Crippen LogP contribution >= 0.6 is 11.3 Å². The molecule has 10 rings (SSSR count). The van der Waals surface area contributed by atoms with Gasteiger partial charge in [0.25, 0.3) is 0 Å². The molecule has 357 valence electrons. The standard InChI is InChI=1S/C43H35FN3S.C18H23FGeN.Ir/c1-25-20-29(21-26(2)27(25)3)30-22-38-39(45-24-30)33-15-10-16-34(41(33)48-38)42-46-36-19-18-31(44)23-37(36)47(42)40-32(28-12-8-7-9-13-28)14-11-17-35(40)43(4,5)6;1-12(2)15-10-17(21-11-16(15)20(4,5)6)14-9-7-8-13(3)18(14)19;/h7-15,17-24H,1-6H3;7-8,10-12H,1-6H3;/q2*-1;/i1D3,2D3,3D3;3D3,12D;. The molecule has 4 heterocycles. The van der Waals surface area contributed by atoms with E-state index in [1.54, 1.807) is 44.3 Å². The van der Waals surface area contributed by atoms with Crippen LogP contribution in [0.3, 0.4) is 0 Å². The molecule has 0 spiro atoms. The summed E-state index contributed by atoms with van der Waals surface area (Å²) in [6.45, 7) is -1.32. The molecule has 0 amide bonds. The second-order valence-electron chi connectivity index (χ2n) is 19.4. The van der Waals surface area contributed by atoms with Crippen molar-refractivity contribution < 1.29 is 46.7 Å². The van der Waals surface area contributed by atoms with Gasteiger partial charge in [0, 0.05) is 54.5 Å². The van der Waals surface area contributed by atoms with Gasteiger partial charge in [0.05, 0.1) is 28.1 Å². The van der Waals surface area contributed by atoms with Crippen molar-refractivity contribution in [3.63, 3.8) is 0 Å². The van der Waals surface area contributed by atoms with Crippen LogP contribution in [0.15, 0.2) is 128 Å². The van der Waals surface area contributed by atoms with Crippen LogP contribution in [0, 0.1) is 51.2 Å². The molecule has 0 atom stereocenters. The zero-order valence-electron chi connectivity index (χ0n) is 52.9. The summed E-state index contributed by atoms with van der Waals surface area (Å²) in [7, 11) is 0. The van der Waals surface area contributed by atoms with Gasteiger partial charge in [-0.15, -0.1) is 18.2 Å². The van der Waals surface area contributed by atoms with Crippen molar-refractivity contribution in [3.8, 4) is 50.6 Å². The van der Waals surface area contributed by atoms with E-state index in [2.05, 4.69) is 67.3 Å². The summed E-state index contributed by atoms with van der Waals surface area (Å²) < 4.78 is 139. The number of imidazole rings is 1. The fourth-order valence-electron chi connectivity index (χ4n) is 8.70. The molecule has 4 nitrogen and oxygen atoms in total. The Morgan fingerprint density at radius 3 is 2.16 bits per heavy atom. The Morgan fingerprint density at radius 2 is 1.47 bits per heavy atom. The predicted octanol–water partition coefficient (Wildman–Crippen LogP) is 16.6. The van der Waals surface area contributed by atoms with Crippen molar-refractivity contribution in [1.29, 1.82) is 0 Å². The second-order valence-corrected chi connectivity index (χ2v) is 31.0. The van der Waals surface area contributed by atoms with Crippen molar-refractivity contribution in [3.05, 3.63) is 185 Å². The number of fused-ring (bicyclic) bond motifs is 4. The van der Waals surface area contributed by atoms with Gasteiger partial charge in [-0.3, -0.25) is 9.97 Å². The van der Waals surface area contributed by atoms with Crippen LogP contribution in [-0.4, -0.2) is 32.8 Å². The van der Waals surface area contributed by atoms with E-state index in [4.69, 9.17) is 27.8 Å². The second kappa shape index (κ2) is 19.9. The van der Waals surface area contributed by atoms with Gasteiger partial charge >= 0.3 is 135 Å². The van der Waals surface area contributed by atoms with E-state index in [0.29, 0.717) is 43.9 Å². The number of hydrogen-bond acceptors (Lipinski definition) is 4. The predicted molar refractivity (Wildman–Crippen MR) is 290 cm³/mol. The molecular formula is C61H58F2GeIrN4S-2. The van der Waals surface area contributed by atoms with Gasteiger partial charge in [-0.1, -0.05) is 92.4 Å². The fraction of sp³-hybridized carbons (Fsp3) is 0.230. The van der Waals surface area contributed by atoms with E-state index >= 15 is 4.39 Å². The smallest absolute Gasteiger partial charge is 0 e. The number of halogens is 2. The number of hydrogen-bond donors (Lipinski definition) is 0. The van der Waals surface area contributed by atoms with Gasteiger partial charge in [0.2, 0.25) is 0 Å². The Hall–Kier alpha value is -5.64. The molecular weight excluding hydrogens is 1120 g/mol. The van der Waals surface area contributed by atoms with Crippen LogP contribution in [0.1, 0.15) is 91.7 Å². The topological polar surface area (TPSA) is 43.6 Å². The zero-order valence-corrected chi connectivity index (χ0v) is 45.2. The normalized spacial score (nSPS) is 15.5. The van der Waals surface area contributed by atoms with Gasteiger partial charge < -0.3 is 4.57 Å². The Balaban J connectivity index is 0.000000291. The van der Waals surface area contributed by atoms with E-state index in [1.807, 2.05) is 47.0 Å². The van der Waals surface area contributed by atoms with Crippen molar-refractivity contribution >= 4 is 60.3 Å². The number of nitrogens with zero attached hydrogens (tertiary/aromatic N) is 4. The first kappa shape index (κ1) is 36.3.